The molecule has 2 aromatic rings. The van der Waals surface area contributed by atoms with Crippen LogP contribution in [0.25, 0.3) is 0 Å². The number of amides is 1. The van der Waals surface area contributed by atoms with Gasteiger partial charge in [0.15, 0.2) is 5.82 Å². The summed E-state index contributed by atoms with van der Waals surface area (Å²) in [5, 5.41) is 14.3. The summed E-state index contributed by atoms with van der Waals surface area (Å²) in [6.45, 7) is 4.57. The van der Waals surface area contributed by atoms with Crippen LogP contribution < -0.4 is 11.1 Å². The zero-order valence-electron chi connectivity index (χ0n) is 11.4. The van der Waals surface area contributed by atoms with Gasteiger partial charge >= 0.3 is 0 Å². The lowest BCUT2D eigenvalue weighted by molar-refractivity contribution is -0.119. The molecule has 3 N–H and O–H groups in total. The molecule has 0 aliphatic rings. The van der Waals surface area contributed by atoms with E-state index < -0.39 is 0 Å². The first kappa shape index (κ1) is 14.1. The van der Waals surface area contributed by atoms with E-state index in [2.05, 4.69) is 25.8 Å². The first-order valence-electron chi connectivity index (χ1n) is 6.26. The van der Waals surface area contributed by atoms with Gasteiger partial charge in [-0.1, -0.05) is 24.2 Å². The molecule has 20 heavy (non-hydrogen) atoms. The fourth-order valence-electron chi connectivity index (χ4n) is 1.47. The number of nitrogens with two attached hydrogens (primary N) is 1. The lowest BCUT2D eigenvalue weighted by Gasteiger charge is -1.98. The standard InChI is InChI=1S/C11H17N7O2/c1-7(2)11-14-9(16-20-11)6-18-5-8(15-17-18)4-13-10(19)3-12/h5,7H,3-4,6,12H2,1-2H3,(H,13,19). The van der Waals surface area contributed by atoms with Crippen molar-refractivity contribution in [3.63, 3.8) is 0 Å². The number of nitrogens with zero attached hydrogens (tertiary/aromatic N) is 5. The van der Waals surface area contributed by atoms with Gasteiger partial charge in [-0.3, -0.25) is 4.79 Å². The third-order valence-corrected chi connectivity index (χ3v) is 2.52. The van der Waals surface area contributed by atoms with E-state index >= 15 is 0 Å². The lowest BCUT2D eigenvalue weighted by atomic mass is 10.2. The molecule has 0 fully saturated rings. The SMILES string of the molecule is CC(C)c1nc(Cn2cc(CNC(=O)CN)nn2)no1. The molecule has 9 nitrogen and oxygen atoms in total. The van der Waals surface area contributed by atoms with Crippen LogP contribution >= 0.6 is 0 Å². The average Bonchev–Trinajstić information content (AvgIpc) is 3.06. The molecular formula is C11H17N7O2. The van der Waals surface area contributed by atoms with Crippen LogP contribution in [0.1, 0.15) is 37.2 Å². The first-order valence-corrected chi connectivity index (χ1v) is 6.26. The number of hydrogen-bond donors (Lipinski definition) is 2. The van der Waals surface area contributed by atoms with Crippen molar-refractivity contribution in [1.29, 1.82) is 0 Å². The quantitative estimate of drug-likeness (QED) is 0.723. The van der Waals surface area contributed by atoms with Gasteiger partial charge in [-0.2, -0.15) is 4.98 Å². The van der Waals surface area contributed by atoms with Gasteiger partial charge in [-0.25, -0.2) is 4.68 Å². The molecule has 2 heterocycles. The summed E-state index contributed by atoms with van der Waals surface area (Å²) >= 11 is 0. The van der Waals surface area contributed by atoms with Crippen LogP contribution in [0.5, 0.6) is 0 Å². The van der Waals surface area contributed by atoms with E-state index in [4.69, 9.17) is 10.3 Å². The lowest BCUT2D eigenvalue weighted by Crippen LogP contribution is -2.29. The van der Waals surface area contributed by atoms with Crippen molar-refractivity contribution in [2.45, 2.75) is 32.9 Å². The van der Waals surface area contributed by atoms with E-state index in [1.54, 1.807) is 10.9 Å². The highest BCUT2D eigenvalue weighted by atomic mass is 16.5. The zero-order valence-corrected chi connectivity index (χ0v) is 11.4. The zero-order chi connectivity index (χ0) is 14.5. The smallest absolute Gasteiger partial charge is 0.234 e. The van der Waals surface area contributed by atoms with Gasteiger partial charge in [-0.15, -0.1) is 5.10 Å². The highest BCUT2D eigenvalue weighted by Crippen LogP contribution is 2.11. The molecule has 108 valence electrons. The van der Waals surface area contributed by atoms with Crippen molar-refractivity contribution in [3.8, 4) is 0 Å². The van der Waals surface area contributed by atoms with Gasteiger partial charge in [0.1, 0.15) is 12.2 Å². The summed E-state index contributed by atoms with van der Waals surface area (Å²) < 4.78 is 6.69. The summed E-state index contributed by atoms with van der Waals surface area (Å²) in [5.74, 6) is 1.08. The highest BCUT2D eigenvalue weighted by molar-refractivity contribution is 5.77. The third kappa shape index (κ3) is 3.60. The maximum Gasteiger partial charge on any atom is 0.234 e. The van der Waals surface area contributed by atoms with Crippen LogP contribution in [-0.2, 0) is 17.9 Å². The molecule has 0 atom stereocenters. The fraction of sp³-hybridized carbons (Fsp3) is 0.545. The van der Waals surface area contributed by atoms with Gasteiger partial charge in [0.05, 0.1) is 19.3 Å². The monoisotopic (exact) mass is 279 g/mol. The van der Waals surface area contributed by atoms with Crippen LogP contribution in [0, 0.1) is 0 Å². The van der Waals surface area contributed by atoms with Gasteiger partial charge in [0.2, 0.25) is 11.8 Å². The Balaban J connectivity index is 1.93. The number of hydrogen-bond acceptors (Lipinski definition) is 7. The second-order valence-electron chi connectivity index (χ2n) is 4.59. The Morgan fingerprint density at radius 1 is 1.55 bits per heavy atom. The Kier molecular flexibility index (Phi) is 4.41. The van der Waals surface area contributed by atoms with Crippen molar-refractivity contribution >= 4 is 5.91 Å². The molecule has 2 rings (SSSR count). The number of carbonyl (C=O) groups excluding carboxylic acids is 1. The van der Waals surface area contributed by atoms with Crippen LogP contribution in [0.2, 0.25) is 0 Å². The molecule has 0 spiro atoms. The van der Waals surface area contributed by atoms with Crippen molar-refractivity contribution in [1.82, 2.24) is 30.5 Å². The number of aromatic nitrogens is 5. The molecule has 2 aromatic heterocycles. The first-order chi connectivity index (χ1) is 9.58. The summed E-state index contributed by atoms with van der Waals surface area (Å²) in [6, 6.07) is 0. The van der Waals surface area contributed by atoms with E-state index in [-0.39, 0.29) is 18.4 Å². The molecular weight excluding hydrogens is 262 g/mol. The second kappa shape index (κ2) is 6.24. The Hall–Kier alpha value is -2.29. The number of carbonyl (C=O) groups is 1. The van der Waals surface area contributed by atoms with Gasteiger partial charge < -0.3 is 15.6 Å². The highest BCUT2D eigenvalue weighted by Gasteiger charge is 2.11. The second-order valence-corrected chi connectivity index (χ2v) is 4.59. The maximum atomic E-state index is 11.0. The Bertz CT molecular complexity index is 575. The minimum Gasteiger partial charge on any atom is -0.349 e. The largest absolute Gasteiger partial charge is 0.349 e. The molecule has 0 bridgehead atoms. The van der Waals surface area contributed by atoms with Crippen LogP contribution in [0.3, 0.4) is 0 Å². The van der Waals surface area contributed by atoms with Crippen molar-refractivity contribution in [3.05, 3.63) is 23.6 Å². The minimum atomic E-state index is -0.237. The number of rotatable bonds is 6. The van der Waals surface area contributed by atoms with Crippen LogP contribution in [-0.4, -0.2) is 37.6 Å². The Morgan fingerprint density at radius 3 is 3.00 bits per heavy atom. The van der Waals surface area contributed by atoms with Crippen molar-refractivity contribution in [2.75, 3.05) is 6.54 Å². The summed E-state index contributed by atoms with van der Waals surface area (Å²) in [5.41, 5.74) is 5.83. The molecule has 0 saturated carbocycles. The fourth-order valence-corrected chi connectivity index (χ4v) is 1.47. The van der Waals surface area contributed by atoms with Crippen LogP contribution in [0.15, 0.2) is 10.7 Å². The summed E-state index contributed by atoms with van der Waals surface area (Å²) in [7, 11) is 0. The van der Waals surface area contributed by atoms with Gasteiger partial charge in [0, 0.05) is 5.92 Å². The Morgan fingerprint density at radius 2 is 2.35 bits per heavy atom. The summed E-state index contributed by atoms with van der Waals surface area (Å²) in [4.78, 5) is 15.3. The number of nitrogens with one attached hydrogen (secondary N) is 1. The average molecular weight is 279 g/mol. The van der Waals surface area contributed by atoms with Gasteiger partial charge in [0.25, 0.3) is 0 Å². The topological polar surface area (TPSA) is 125 Å². The van der Waals surface area contributed by atoms with Crippen molar-refractivity contribution in [2.24, 2.45) is 5.73 Å². The van der Waals surface area contributed by atoms with E-state index in [9.17, 15) is 4.79 Å². The van der Waals surface area contributed by atoms with E-state index in [0.717, 1.165) is 0 Å². The molecule has 0 radical (unpaired) electrons. The molecule has 1 amide bonds. The van der Waals surface area contributed by atoms with Crippen LogP contribution in [0.4, 0.5) is 0 Å². The molecule has 0 aliphatic carbocycles. The molecule has 0 saturated heterocycles. The normalized spacial score (nSPS) is 11.0. The maximum absolute atomic E-state index is 11.0. The summed E-state index contributed by atoms with van der Waals surface area (Å²) in [6.07, 6.45) is 1.71. The van der Waals surface area contributed by atoms with E-state index in [1.165, 1.54) is 0 Å². The Labute approximate surface area is 115 Å². The molecule has 0 unspecified atom stereocenters. The predicted molar refractivity (Wildman–Crippen MR) is 68.4 cm³/mol. The van der Waals surface area contributed by atoms with Gasteiger partial charge in [-0.05, 0) is 0 Å². The molecule has 0 aliphatic heterocycles. The van der Waals surface area contributed by atoms with Crippen molar-refractivity contribution < 1.29 is 9.32 Å². The predicted octanol–water partition coefficient (Wildman–Crippen LogP) is -0.592. The van der Waals surface area contributed by atoms with E-state index in [1.807, 2.05) is 13.8 Å². The van der Waals surface area contributed by atoms with E-state index in [0.29, 0.717) is 30.5 Å². The third-order valence-electron chi connectivity index (χ3n) is 2.52. The molecule has 9 heteroatoms. The molecule has 0 aromatic carbocycles. The minimum absolute atomic E-state index is 0.0467.